The summed E-state index contributed by atoms with van der Waals surface area (Å²) in [6, 6.07) is 9.76. The van der Waals surface area contributed by atoms with Crippen molar-refractivity contribution >= 4 is 0 Å². The molecule has 0 aliphatic carbocycles. The van der Waals surface area contributed by atoms with Crippen molar-refractivity contribution in [3.8, 4) is 0 Å². The van der Waals surface area contributed by atoms with Gasteiger partial charge in [-0.25, -0.2) is 0 Å². The Balaban J connectivity index is 1.94. The Bertz CT molecular complexity index is 364. The van der Waals surface area contributed by atoms with Gasteiger partial charge in [0, 0.05) is 18.7 Å². The number of aryl methyl sites for hydroxylation is 1. The Morgan fingerprint density at radius 2 is 2.24 bits per heavy atom. The fourth-order valence-electron chi connectivity index (χ4n) is 2.54. The molecule has 2 rings (SSSR count). The molecule has 1 N–H and O–H groups in total. The van der Waals surface area contributed by atoms with Crippen LogP contribution >= 0.6 is 0 Å². The number of ether oxygens (including phenoxy) is 1. The molecule has 1 aromatic carbocycles. The van der Waals surface area contributed by atoms with Crippen molar-refractivity contribution in [3.63, 3.8) is 0 Å². The molecule has 1 aliphatic heterocycles. The Hall–Kier alpha value is -0.860. The molecule has 0 spiro atoms. The summed E-state index contributed by atoms with van der Waals surface area (Å²) in [5, 5.41) is 3.71. The Labute approximate surface area is 104 Å². The quantitative estimate of drug-likeness (QED) is 0.865. The maximum absolute atomic E-state index is 5.57. The Kier molecular flexibility index (Phi) is 4.19. The summed E-state index contributed by atoms with van der Waals surface area (Å²) in [5.41, 5.74) is 2.71. The highest BCUT2D eigenvalue weighted by Gasteiger charge is 2.20. The van der Waals surface area contributed by atoms with Crippen molar-refractivity contribution in [2.75, 3.05) is 6.61 Å². The van der Waals surface area contributed by atoms with Crippen LogP contribution in [-0.4, -0.2) is 18.8 Å². The van der Waals surface area contributed by atoms with Crippen molar-refractivity contribution in [2.24, 2.45) is 0 Å². The maximum atomic E-state index is 5.57. The minimum atomic E-state index is 0.394. The lowest BCUT2D eigenvalue weighted by Gasteiger charge is -2.30. The minimum Gasteiger partial charge on any atom is -0.378 e. The van der Waals surface area contributed by atoms with E-state index in [4.69, 9.17) is 4.74 Å². The van der Waals surface area contributed by atoms with Gasteiger partial charge in [0.1, 0.15) is 0 Å². The highest BCUT2D eigenvalue weighted by molar-refractivity contribution is 5.24. The Morgan fingerprint density at radius 3 is 2.94 bits per heavy atom. The third kappa shape index (κ3) is 3.55. The van der Waals surface area contributed by atoms with E-state index in [2.05, 4.69) is 50.4 Å². The Morgan fingerprint density at radius 1 is 1.41 bits per heavy atom. The molecule has 0 amide bonds. The first-order valence-corrected chi connectivity index (χ1v) is 6.59. The smallest absolute Gasteiger partial charge is 0.0561 e. The molecule has 1 fully saturated rings. The predicted molar refractivity (Wildman–Crippen MR) is 71.2 cm³/mol. The first kappa shape index (κ1) is 12.6. The number of benzene rings is 1. The van der Waals surface area contributed by atoms with E-state index in [0.29, 0.717) is 18.2 Å². The van der Waals surface area contributed by atoms with Crippen molar-refractivity contribution in [1.82, 2.24) is 5.32 Å². The molecule has 3 atom stereocenters. The average molecular weight is 233 g/mol. The van der Waals surface area contributed by atoms with Crippen LogP contribution in [0, 0.1) is 6.92 Å². The molecule has 2 nitrogen and oxygen atoms in total. The summed E-state index contributed by atoms with van der Waals surface area (Å²) in [5.74, 6) is 0. The second kappa shape index (κ2) is 5.65. The van der Waals surface area contributed by atoms with Crippen LogP contribution in [0.3, 0.4) is 0 Å². The van der Waals surface area contributed by atoms with Gasteiger partial charge in [-0.05, 0) is 39.2 Å². The first-order valence-electron chi connectivity index (χ1n) is 6.59. The molecule has 1 heterocycles. The standard InChI is InChI=1S/C15H23NO/c1-11-5-4-6-14(9-11)13(3)16-15-7-8-17-12(2)10-15/h4-6,9,12-13,15-16H,7-8,10H2,1-3H3/t12?,13-,15?/m0/s1. The van der Waals surface area contributed by atoms with Crippen LogP contribution in [0.25, 0.3) is 0 Å². The summed E-state index contributed by atoms with van der Waals surface area (Å²) >= 11 is 0. The minimum absolute atomic E-state index is 0.394. The van der Waals surface area contributed by atoms with Crippen LogP contribution in [-0.2, 0) is 4.74 Å². The lowest BCUT2D eigenvalue weighted by Crippen LogP contribution is -2.39. The summed E-state index contributed by atoms with van der Waals surface area (Å²) < 4.78 is 5.57. The molecule has 94 valence electrons. The van der Waals surface area contributed by atoms with E-state index in [9.17, 15) is 0 Å². The molecule has 0 saturated carbocycles. The monoisotopic (exact) mass is 233 g/mol. The number of rotatable bonds is 3. The van der Waals surface area contributed by atoms with Crippen LogP contribution < -0.4 is 5.32 Å². The van der Waals surface area contributed by atoms with Crippen molar-refractivity contribution in [2.45, 2.75) is 51.8 Å². The highest BCUT2D eigenvalue weighted by Crippen LogP contribution is 2.19. The molecule has 0 radical (unpaired) electrons. The second-order valence-corrected chi connectivity index (χ2v) is 5.21. The fourth-order valence-corrected chi connectivity index (χ4v) is 2.54. The topological polar surface area (TPSA) is 21.3 Å². The van der Waals surface area contributed by atoms with Crippen LogP contribution in [0.4, 0.5) is 0 Å². The SMILES string of the molecule is Cc1cccc([C@H](C)NC2CCOC(C)C2)c1. The number of nitrogens with one attached hydrogen (secondary N) is 1. The van der Waals surface area contributed by atoms with Crippen molar-refractivity contribution in [3.05, 3.63) is 35.4 Å². The molecule has 0 bridgehead atoms. The second-order valence-electron chi connectivity index (χ2n) is 5.21. The van der Waals surface area contributed by atoms with Gasteiger partial charge in [0.05, 0.1) is 6.10 Å². The molecule has 1 aromatic rings. The number of hydrogen-bond donors (Lipinski definition) is 1. The van der Waals surface area contributed by atoms with Crippen LogP contribution in [0.2, 0.25) is 0 Å². The van der Waals surface area contributed by atoms with Gasteiger partial charge in [-0.1, -0.05) is 29.8 Å². The summed E-state index contributed by atoms with van der Waals surface area (Å²) in [6.45, 7) is 7.44. The summed E-state index contributed by atoms with van der Waals surface area (Å²) in [4.78, 5) is 0. The molecule has 1 saturated heterocycles. The lowest BCUT2D eigenvalue weighted by molar-refractivity contribution is 0.0116. The third-order valence-corrected chi connectivity index (χ3v) is 3.51. The number of hydrogen-bond acceptors (Lipinski definition) is 2. The highest BCUT2D eigenvalue weighted by atomic mass is 16.5. The maximum Gasteiger partial charge on any atom is 0.0561 e. The van der Waals surface area contributed by atoms with Gasteiger partial charge in [0.25, 0.3) is 0 Å². The molecule has 2 unspecified atom stereocenters. The van der Waals surface area contributed by atoms with Gasteiger partial charge in [0.2, 0.25) is 0 Å². The summed E-state index contributed by atoms with van der Waals surface area (Å²) in [7, 11) is 0. The molecular formula is C15H23NO. The predicted octanol–water partition coefficient (Wildman–Crippen LogP) is 3.21. The molecule has 1 aliphatic rings. The van der Waals surface area contributed by atoms with Crippen molar-refractivity contribution < 1.29 is 4.74 Å². The third-order valence-electron chi connectivity index (χ3n) is 3.51. The largest absolute Gasteiger partial charge is 0.378 e. The molecule has 0 aromatic heterocycles. The van der Waals surface area contributed by atoms with Crippen LogP contribution in [0.1, 0.15) is 43.9 Å². The van der Waals surface area contributed by atoms with Crippen LogP contribution in [0.15, 0.2) is 24.3 Å². The van der Waals surface area contributed by atoms with E-state index in [1.807, 2.05) is 0 Å². The average Bonchev–Trinajstić information content (AvgIpc) is 2.29. The molecule has 2 heteroatoms. The van der Waals surface area contributed by atoms with E-state index in [1.54, 1.807) is 0 Å². The van der Waals surface area contributed by atoms with Gasteiger partial charge in [-0.2, -0.15) is 0 Å². The van der Waals surface area contributed by atoms with E-state index < -0.39 is 0 Å². The van der Waals surface area contributed by atoms with E-state index >= 15 is 0 Å². The normalized spacial score (nSPS) is 26.8. The van der Waals surface area contributed by atoms with Gasteiger partial charge >= 0.3 is 0 Å². The van der Waals surface area contributed by atoms with Gasteiger partial charge < -0.3 is 10.1 Å². The molecular weight excluding hydrogens is 210 g/mol. The van der Waals surface area contributed by atoms with Gasteiger partial charge in [0.15, 0.2) is 0 Å². The lowest BCUT2D eigenvalue weighted by atomic mass is 10.0. The first-order chi connectivity index (χ1) is 8.15. The van der Waals surface area contributed by atoms with Gasteiger partial charge in [-0.15, -0.1) is 0 Å². The zero-order chi connectivity index (χ0) is 12.3. The fraction of sp³-hybridized carbons (Fsp3) is 0.600. The van der Waals surface area contributed by atoms with Crippen LogP contribution in [0.5, 0.6) is 0 Å². The summed E-state index contributed by atoms with van der Waals surface area (Å²) in [6.07, 6.45) is 2.64. The molecule has 17 heavy (non-hydrogen) atoms. The van der Waals surface area contributed by atoms with Crippen molar-refractivity contribution in [1.29, 1.82) is 0 Å². The van der Waals surface area contributed by atoms with E-state index in [0.717, 1.165) is 19.4 Å². The van der Waals surface area contributed by atoms with Gasteiger partial charge in [-0.3, -0.25) is 0 Å². The zero-order valence-electron chi connectivity index (χ0n) is 11.1. The van der Waals surface area contributed by atoms with E-state index in [1.165, 1.54) is 11.1 Å². The zero-order valence-corrected chi connectivity index (χ0v) is 11.1. The van der Waals surface area contributed by atoms with E-state index in [-0.39, 0.29) is 0 Å².